The van der Waals surface area contributed by atoms with Gasteiger partial charge in [-0.3, -0.25) is 4.68 Å². The molecule has 1 N–H and O–H groups in total. The number of aromatic nitrogens is 2. The first-order chi connectivity index (χ1) is 8.56. The Hall–Kier alpha value is -0.830. The molecular weight excluding hydrogens is 222 g/mol. The summed E-state index contributed by atoms with van der Waals surface area (Å²) in [7, 11) is 0. The van der Waals surface area contributed by atoms with E-state index in [4.69, 9.17) is 0 Å². The molecule has 1 atom stereocenters. The number of hydrogen-bond acceptors (Lipinski definition) is 2. The third-order valence-electron chi connectivity index (χ3n) is 3.29. The summed E-state index contributed by atoms with van der Waals surface area (Å²) >= 11 is 0. The van der Waals surface area contributed by atoms with Crippen molar-refractivity contribution in [1.82, 2.24) is 15.1 Å². The van der Waals surface area contributed by atoms with Crippen molar-refractivity contribution in [2.24, 2.45) is 5.92 Å². The third-order valence-corrected chi connectivity index (χ3v) is 3.29. The Bertz CT molecular complexity index is 342. The molecule has 0 spiro atoms. The smallest absolute Gasteiger partial charge is 0.0596 e. The number of hydrogen-bond donors (Lipinski definition) is 1. The SMILES string of the molecule is CCCC(CNC(C)C)Cc1cc(C)nn1CC. The van der Waals surface area contributed by atoms with E-state index in [9.17, 15) is 0 Å². The first-order valence-corrected chi connectivity index (χ1v) is 7.33. The van der Waals surface area contributed by atoms with E-state index in [1.165, 1.54) is 18.5 Å². The van der Waals surface area contributed by atoms with Crippen molar-refractivity contribution >= 4 is 0 Å². The second-order valence-corrected chi connectivity index (χ2v) is 5.51. The highest BCUT2D eigenvalue weighted by Crippen LogP contribution is 2.15. The van der Waals surface area contributed by atoms with Gasteiger partial charge in [-0.25, -0.2) is 0 Å². The fourth-order valence-corrected chi connectivity index (χ4v) is 2.42. The van der Waals surface area contributed by atoms with E-state index in [0.29, 0.717) is 6.04 Å². The fraction of sp³-hybridized carbons (Fsp3) is 0.800. The zero-order valence-electron chi connectivity index (χ0n) is 12.7. The van der Waals surface area contributed by atoms with Crippen molar-refractivity contribution in [3.05, 3.63) is 17.5 Å². The molecule has 0 aromatic carbocycles. The van der Waals surface area contributed by atoms with Crippen molar-refractivity contribution in [3.63, 3.8) is 0 Å². The van der Waals surface area contributed by atoms with Gasteiger partial charge in [0.2, 0.25) is 0 Å². The summed E-state index contributed by atoms with van der Waals surface area (Å²) in [4.78, 5) is 0. The van der Waals surface area contributed by atoms with Gasteiger partial charge in [0, 0.05) is 18.3 Å². The number of aryl methyl sites for hydroxylation is 2. The molecule has 0 saturated heterocycles. The minimum Gasteiger partial charge on any atom is -0.314 e. The van der Waals surface area contributed by atoms with Gasteiger partial charge in [0.1, 0.15) is 0 Å². The predicted octanol–water partition coefficient (Wildman–Crippen LogP) is 3.17. The standard InChI is InChI=1S/C15H29N3/c1-6-8-14(11-16-12(3)4)10-15-9-13(5)17-18(15)7-2/h9,12,14,16H,6-8,10-11H2,1-5H3. The lowest BCUT2D eigenvalue weighted by Gasteiger charge is -2.19. The van der Waals surface area contributed by atoms with Gasteiger partial charge in [-0.15, -0.1) is 0 Å². The number of rotatable bonds is 8. The quantitative estimate of drug-likeness (QED) is 0.769. The van der Waals surface area contributed by atoms with Crippen LogP contribution >= 0.6 is 0 Å². The molecule has 1 aromatic heterocycles. The van der Waals surface area contributed by atoms with Crippen LogP contribution in [0.15, 0.2) is 6.07 Å². The zero-order chi connectivity index (χ0) is 13.5. The summed E-state index contributed by atoms with van der Waals surface area (Å²) < 4.78 is 2.15. The van der Waals surface area contributed by atoms with Crippen molar-refractivity contribution in [2.75, 3.05) is 6.54 Å². The van der Waals surface area contributed by atoms with Crippen molar-refractivity contribution in [2.45, 2.75) is 66.5 Å². The highest BCUT2D eigenvalue weighted by molar-refractivity contribution is 5.09. The maximum atomic E-state index is 4.53. The lowest BCUT2D eigenvalue weighted by molar-refractivity contribution is 0.407. The van der Waals surface area contributed by atoms with Crippen molar-refractivity contribution in [3.8, 4) is 0 Å². The Morgan fingerprint density at radius 2 is 2.06 bits per heavy atom. The highest BCUT2D eigenvalue weighted by atomic mass is 15.3. The molecule has 0 fully saturated rings. The van der Waals surface area contributed by atoms with Crippen LogP contribution in [-0.2, 0) is 13.0 Å². The van der Waals surface area contributed by atoms with Crippen LogP contribution in [0, 0.1) is 12.8 Å². The lowest BCUT2D eigenvalue weighted by atomic mass is 9.97. The molecule has 0 aliphatic heterocycles. The fourth-order valence-electron chi connectivity index (χ4n) is 2.42. The van der Waals surface area contributed by atoms with Crippen LogP contribution in [0.1, 0.15) is 51.9 Å². The molecule has 0 bridgehead atoms. The molecule has 1 rings (SSSR count). The molecule has 0 radical (unpaired) electrons. The Kier molecular flexibility index (Phi) is 6.41. The second kappa shape index (κ2) is 7.57. The van der Waals surface area contributed by atoms with Gasteiger partial charge in [0.15, 0.2) is 0 Å². The minimum absolute atomic E-state index is 0.571. The molecule has 0 saturated carbocycles. The molecule has 18 heavy (non-hydrogen) atoms. The summed E-state index contributed by atoms with van der Waals surface area (Å²) in [5.41, 5.74) is 2.53. The van der Waals surface area contributed by atoms with Crippen LogP contribution < -0.4 is 5.32 Å². The van der Waals surface area contributed by atoms with Crippen LogP contribution in [0.3, 0.4) is 0 Å². The normalized spacial score (nSPS) is 13.2. The first-order valence-electron chi connectivity index (χ1n) is 7.33. The van der Waals surface area contributed by atoms with Crippen LogP contribution in [0.4, 0.5) is 0 Å². The van der Waals surface area contributed by atoms with Crippen LogP contribution in [0.2, 0.25) is 0 Å². The first kappa shape index (κ1) is 15.2. The Balaban J connectivity index is 2.63. The van der Waals surface area contributed by atoms with Crippen LogP contribution in [-0.4, -0.2) is 22.4 Å². The number of nitrogens with one attached hydrogen (secondary N) is 1. The molecule has 0 amide bonds. The van der Waals surface area contributed by atoms with E-state index in [1.807, 2.05) is 0 Å². The summed E-state index contributed by atoms with van der Waals surface area (Å²) in [6.07, 6.45) is 3.68. The molecule has 3 nitrogen and oxygen atoms in total. The maximum Gasteiger partial charge on any atom is 0.0596 e. The highest BCUT2D eigenvalue weighted by Gasteiger charge is 2.13. The molecule has 0 aliphatic carbocycles. The average Bonchev–Trinajstić information content (AvgIpc) is 2.66. The number of nitrogens with zero attached hydrogens (tertiary/aromatic N) is 2. The summed E-state index contributed by atoms with van der Waals surface area (Å²) in [6.45, 7) is 13.0. The molecule has 1 unspecified atom stereocenters. The van der Waals surface area contributed by atoms with Crippen molar-refractivity contribution < 1.29 is 0 Å². The molecule has 1 heterocycles. The summed E-state index contributed by atoms with van der Waals surface area (Å²) in [6, 6.07) is 2.81. The molecule has 1 aromatic rings. The Morgan fingerprint density at radius 3 is 2.61 bits per heavy atom. The van der Waals surface area contributed by atoms with Gasteiger partial charge in [-0.2, -0.15) is 5.10 Å². The largest absolute Gasteiger partial charge is 0.314 e. The molecular formula is C15H29N3. The minimum atomic E-state index is 0.571. The van der Waals surface area contributed by atoms with Gasteiger partial charge in [0.25, 0.3) is 0 Å². The monoisotopic (exact) mass is 251 g/mol. The molecule has 0 aliphatic rings. The van der Waals surface area contributed by atoms with E-state index in [-0.39, 0.29) is 0 Å². The van der Waals surface area contributed by atoms with E-state index in [2.05, 4.69) is 55.8 Å². The van der Waals surface area contributed by atoms with Gasteiger partial charge >= 0.3 is 0 Å². The third kappa shape index (κ3) is 4.81. The Labute approximate surface area is 112 Å². The maximum absolute atomic E-state index is 4.53. The zero-order valence-corrected chi connectivity index (χ0v) is 12.7. The molecule has 104 valence electrons. The van der Waals surface area contributed by atoms with Gasteiger partial charge in [0.05, 0.1) is 5.69 Å². The summed E-state index contributed by atoms with van der Waals surface area (Å²) in [5.74, 6) is 0.721. The van der Waals surface area contributed by atoms with E-state index < -0.39 is 0 Å². The van der Waals surface area contributed by atoms with Crippen molar-refractivity contribution in [1.29, 1.82) is 0 Å². The Morgan fingerprint density at radius 1 is 1.33 bits per heavy atom. The van der Waals surface area contributed by atoms with Gasteiger partial charge in [-0.1, -0.05) is 27.2 Å². The molecule has 3 heteroatoms. The second-order valence-electron chi connectivity index (χ2n) is 5.51. The topological polar surface area (TPSA) is 29.9 Å². The van der Waals surface area contributed by atoms with E-state index in [1.54, 1.807) is 0 Å². The van der Waals surface area contributed by atoms with Crippen LogP contribution in [0.25, 0.3) is 0 Å². The predicted molar refractivity (Wildman–Crippen MR) is 77.9 cm³/mol. The van der Waals surface area contributed by atoms with Gasteiger partial charge in [-0.05, 0) is 45.2 Å². The van der Waals surface area contributed by atoms with E-state index >= 15 is 0 Å². The average molecular weight is 251 g/mol. The van der Waals surface area contributed by atoms with Gasteiger partial charge < -0.3 is 5.32 Å². The summed E-state index contributed by atoms with van der Waals surface area (Å²) in [5, 5.41) is 8.10. The van der Waals surface area contributed by atoms with Crippen LogP contribution in [0.5, 0.6) is 0 Å². The lowest BCUT2D eigenvalue weighted by Crippen LogP contribution is -2.30. The van der Waals surface area contributed by atoms with E-state index in [0.717, 1.165) is 31.1 Å².